The van der Waals surface area contributed by atoms with Gasteiger partial charge in [-0.15, -0.1) is 0 Å². The van der Waals surface area contributed by atoms with Crippen molar-refractivity contribution < 1.29 is 9.59 Å². The molecule has 2 N–H and O–H groups in total. The average molecular weight is 340 g/mol. The molecule has 0 saturated heterocycles. The first-order chi connectivity index (χ1) is 12.1. The van der Waals surface area contributed by atoms with Crippen LogP contribution in [-0.2, 0) is 16.1 Å². The van der Waals surface area contributed by atoms with Gasteiger partial charge in [0.2, 0.25) is 11.8 Å². The summed E-state index contributed by atoms with van der Waals surface area (Å²) in [6.45, 7) is 6.44. The molecule has 0 aliphatic carbocycles. The zero-order valence-electron chi connectivity index (χ0n) is 14.7. The Morgan fingerprint density at radius 2 is 1.60 bits per heavy atom. The van der Waals surface area contributed by atoms with Gasteiger partial charge in [0, 0.05) is 43.4 Å². The summed E-state index contributed by atoms with van der Waals surface area (Å²) in [5.74, 6) is -0.642. The quantitative estimate of drug-likeness (QED) is 0.724. The highest BCUT2D eigenvalue weighted by Gasteiger charge is 2.10. The average Bonchev–Trinajstić information content (AvgIpc) is 2.63. The largest absolute Gasteiger partial charge is 0.372 e. The minimum atomic E-state index is -0.331. The van der Waals surface area contributed by atoms with Gasteiger partial charge in [-0.2, -0.15) is 0 Å². The van der Waals surface area contributed by atoms with Crippen LogP contribution >= 0.6 is 0 Å². The molecule has 0 atom stereocenters. The van der Waals surface area contributed by atoms with Gasteiger partial charge in [0.05, 0.1) is 0 Å². The molecule has 1 aromatic heterocycles. The first-order valence-electron chi connectivity index (χ1n) is 8.42. The topological polar surface area (TPSA) is 74.3 Å². The Labute approximate surface area is 148 Å². The van der Waals surface area contributed by atoms with Crippen LogP contribution in [0.15, 0.2) is 48.8 Å². The summed E-state index contributed by atoms with van der Waals surface area (Å²) in [7, 11) is 0. The van der Waals surface area contributed by atoms with Gasteiger partial charge in [-0.3, -0.25) is 14.6 Å². The van der Waals surface area contributed by atoms with Crippen molar-refractivity contribution in [1.82, 2.24) is 10.3 Å². The Morgan fingerprint density at radius 1 is 0.960 bits per heavy atom. The maximum absolute atomic E-state index is 12.0. The molecule has 1 aromatic carbocycles. The van der Waals surface area contributed by atoms with Gasteiger partial charge in [0.1, 0.15) is 6.42 Å². The Morgan fingerprint density at radius 3 is 2.20 bits per heavy atom. The van der Waals surface area contributed by atoms with Crippen molar-refractivity contribution in [2.24, 2.45) is 0 Å². The standard InChI is InChI=1S/C19H24N4O2/c1-3-23(4-2)17-7-5-16(6-8-17)22-19(25)13-18(24)21-14-15-9-11-20-12-10-15/h5-12H,3-4,13-14H2,1-2H3,(H,21,24)(H,22,25). The zero-order valence-corrected chi connectivity index (χ0v) is 14.7. The van der Waals surface area contributed by atoms with E-state index in [4.69, 9.17) is 0 Å². The predicted molar refractivity (Wildman–Crippen MR) is 99.3 cm³/mol. The maximum atomic E-state index is 12.0. The second-order valence-electron chi connectivity index (χ2n) is 5.58. The normalized spacial score (nSPS) is 10.2. The van der Waals surface area contributed by atoms with Crippen molar-refractivity contribution in [3.63, 3.8) is 0 Å². The number of pyridine rings is 1. The van der Waals surface area contributed by atoms with Gasteiger partial charge in [0.15, 0.2) is 0 Å². The third kappa shape index (κ3) is 5.91. The molecule has 0 spiro atoms. The molecule has 2 rings (SSSR count). The molecule has 2 amide bonds. The summed E-state index contributed by atoms with van der Waals surface area (Å²) in [5, 5.41) is 5.47. The Balaban J connectivity index is 1.80. The van der Waals surface area contributed by atoms with E-state index in [9.17, 15) is 9.59 Å². The van der Waals surface area contributed by atoms with E-state index in [1.165, 1.54) is 0 Å². The van der Waals surface area contributed by atoms with Crippen LogP contribution in [0.3, 0.4) is 0 Å². The molecule has 0 aliphatic heterocycles. The van der Waals surface area contributed by atoms with Crippen molar-refractivity contribution in [2.75, 3.05) is 23.3 Å². The molecule has 1 heterocycles. The molecule has 0 aliphatic rings. The van der Waals surface area contributed by atoms with Gasteiger partial charge in [-0.1, -0.05) is 0 Å². The molecular weight excluding hydrogens is 316 g/mol. The second kappa shape index (κ2) is 9.42. The van der Waals surface area contributed by atoms with Gasteiger partial charge >= 0.3 is 0 Å². The maximum Gasteiger partial charge on any atom is 0.233 e. The van der Waals surface area contributed by atoms with Crippen molar-refractivity contribution >= 4 is 23.2 Å². The summed E-state index contributed by atoms with van der Waals surface area (Å²) in [5.41, 5.74) is 2.73. The first kappa shape index (κ1) is 18.4. The molecular formula is C19H24N4O2. The monoisotopic (exact) mass is 340 g/mol. The number of nitrogens with one attached hydrogen (secondary N) is 2. The summed E-state index contributed by atoms with van der Waals surface area (Å²) >= 11 is 0. The zero-order chi connectivity index (χ0) is 18.1. The van der Waals surface area contributed by atoms with Crippen LogP contribution in [0.5, 0.6) is 0 Å². The molecule has 0 bridgehead atoms. The lowest BCUT2D eigenvalue weighted by Crippen LogP contribution is -2.27. The molecule has 0 saturated carbocycles. The van der Waals surface area contributed by atoms with Crippen LogP contribution in [0.25, 0.3) is 0 Å². The summed E-state index contributed by atoms with van der Waals surface area (Å²) in [4.78, 5) is 30.0. The highest BCUT2D eigenvalue weighted by atomic mass is 16.2. The highest BCUT2D eigenvalue weighted by molar-refractivity contribution is 6.03. The molecule has 0 unspecified atom stereocenters. The van der Waals surface area contributed by atoms with Crippen LogP contribution in [-0.4, -0.2) is 29.9 Å². The smallest absolute Gasteiger partial charge is 0.233 e. The van der Waals surface area contributed by atoms with Crippen molar-refractivity contribution in [1.29, 1.82) is 0 Å². The lowest BCUT2D eigenvalue weighted by atomic mass is 10.2. The highest BCUT2D eigenvalue weighted by Crippen LogP contribution is 2.17. The number of nitrogens with zero attached hydrogens (tertiary/aromatic N) is 2. The fourth-order valence-electron chi connectivity index (χ4n) is 2.46. The number of carbonyl (C=O) groups excluding carboxylic acids is 2. The predicted octanol–water partition coefficient (Wildman–Crippen LogP) is 2.57. The number of benzene rings is 1. The van der Waals surface area contributed by atoms with E-state index < -0.39 is 0 Å². The van der Waals surface area contributed by atoms with E-state index in [1.807, 2.05) is 36.4 Å². The lowest BCUT2D eigenvalue weighted by Gasteiger charge is -2.21. The van der Waals surface area contributed by atoms with Crippen molar-refractivity contribution in [2.45, 2.75) is 26.8 Å². The van der Waals surface area contributed by atoms with Crippen LogP contribution in [0.1, 0.15) is 25.8 Å². The molecule has 6 nitrogen and oxygen atoms in total. The van der Waals surface area contributed by atoms with E-state index in [1.54, 1.807) is 12.4 Å². The Hall–Kier alpha value is -2.89. The number of anilines is 2. The number of carbonyl (C=O) groups is 2. The molecule has 2 aromatic rings. The summed E-state index contributed by atoms with van der Waals surface area (Å²) < 4.78 is 0. The first-order valence-corrected chi connectivity index (χ1v) is 8.42. The third-order valence-electron chi connectivity index (χ3n) is 3.84. The van der Waals surface area contributed by atoms with Gasteiger partial charge < -0.3 is 15.5 Å². The van der Waals surface area contributed by atoms with Crippen molar-refractivity contribution in [3.05, 3.63) is 54.4 Å². The number of rotatable bonds is 8. The number of amides is 2. The molecule has 132 valence electrons. The second-order valence-corrected chi connectivity index (χ2v) is 5.58. The SMILES string of the molecule is CCN(CC)c1ccc(NC(=O)CC(=O)NCc2ccncc2)cc1. The minimum Gasteiger partial charge on any atom is -0.372 e. The number of hydrogen-bond donors (Lipinski definition) is 2. The Kier molecular flexibility index (Phi) is 6.95. The fourth-order valence-corrected chi connectivity index (χ4v) is 2.46. The third-order valence-corrected chi connectivity index (χ3v) is 3.84. The Bertz CT molecular complexity index is 682. The van der Waals surface area contributed by atoms with Crippen LogP contribution < -0.4 is 15.5 Å². The summed E-state index contributed by atoms with van der Waals surface area (Å²) in [6.07, 6.45) is 3.12. The summed E-state index contributed by atoms with van der Waals surface area (Å²) in [6, 6.07) is 11.3. The van der Waals surface area contributed by atoms with E-state index >= 15 is 0 Å². The number of hydrogen-bond acceptors (Lipinski definition) is 4. The van der Waals surface area contributed by atoms with E-state index in [-0.39, 0.29) is 18.2 Å². The molecule has 6 heteroatoms. The van der Waals surface area contributed by atoms with Gasteiger partial charge in [0.25, 0.3) is 0 Å². The number of aromatic nitrogens is 1. The van der Waals surface area contributed by atoms with Crippen LogP contribution in [0.4, 0.5) is 11.4 Å². The lowest BCUT2D eigenvalue weighted by molar-refractivity contribution is -0.126. The van der Waals surface area contributed by atoms with Gasteiger partial charge in [-0.25, -0.2) is 0 Å². The van der Waals surface area contributed by atoms with Gasteiger partial charge in [-0.05, 0) is 55.8 Å². The van der Waals surface area contributed by atoms with E-state index in [2.05, 4.69) is 34.4 Å². The van der Waals surface area contributed by atoms with Crippen LogP contribution in [0, 0.1) is 0 Å². The van der Waals surface area contributed by atoms with E-state index in [0.29, 0.717) is 12.2 Å². The molecule has 25 heavy (non-hydrogen) atoms. The molecule has 0 radical (unpaired) electrons. The fraction of sp³-hybridized carbons (Fsp3) is 0.316. The van der Waals surface area contributed by atoms with Crippen molar-refractivity contribution in [3.8, 4) is 0 Å². The van der Waals surface area contributed by atoms with E-state index in [0.717, 1.165) is 24.3 Å². The minimum absolute atomic E-state index is 0.205. The molecule has 0 fully saturated rings. The van der Waals surface area contributed by atoms with Crippen LogP contribution in [0.2, 0.25) is 0 Å².